The molecule has 188 valence electrons. The molecular formula is C31H27ClFNO3. The Morgan fingerprint density at radius 2 is 1.70 bits per heavy atom. The van der Waals surface area contributed by atoms with Crippen molar-refractivity contribution in [1.82, 2.24) is 5.32 Å². The molecular weight excluding hydrogens is 489 g/mol. The molecule has 1 heterocycles. The number of benzene rings is 3. The minimum absolute atomic E-state index is 0.0375. The van der Waals surface area contributed by atoms with Gasteiger partial charge in [0.2, 0.25) is 0 Å². The van der Waals surface area contributed by atoms with E-state index in [0.29, 0.717) is 34.7 Å². The molecule has 4 nitrogen and oxygen atoms in total. The minimum Gasteiger partial charge on any atom is -0.462 e. The van der Waals surface area contributed by atoms with Gasteiger partial charge in [-0.05, 0) is 48.6 Å². The number of carbonyl (C=O) groups is 2. The summed E-state index contributed by atoms with van der Waals surface area (Å²) in [6.07, 6.45) is 1.40. The number of halogens is 2. The highest BCUT2D eigenvalue weighted by Gasteiger charge is 2.42. The van der Waals surface area contributed by atoms with Gasteiger partial charge in [0.15, 0.2) is 5.78 Å². The van der Waals surface area contributed by atoms with E-state index in [1.165, 1.54) is 6.07 Å². The Labute approximate surface area is 220 Å². The van der Waals surface area contributed by atoms with Gasteiger partial charge in [-0.1, -0.05) is 72.3 Å². The lowest BCUT2D eigenvalue weighted by atomic mass is 9.71. The number of rotatable bonds is 6. The molecule has 1 aliphatic carbocycles. The maximum atomic E-state index is 15.1. The van der Waals surface area contributed by atoms with E-state index in [9.17, 15) is 9.59 Å². The topological polar surface area (TPSA) is 55.4 Å². The molecule has 3 aromatic carbocycles. The van der Waals surface area contributed by atoms with Crippen LogP contribution in [0.5, 0.6) is 0 Å². The van der Waals surface area contributed by atoms with Gasteiger partial charge in [0.05, 0.1) is 18.1 Å². The Balaban J connectivity index is 1.47. The smallest absolute Gasteiger partial charge is 0.336 e. The molecule has 37 heavy (non-hydrogen) atoms. The van der Waals surface area contributed by atoms with E-state index in [1.807, 2.05) is 54.6 Å². The van der Waals surface area contributed by atoms with E-state index in [1.54, 1.807) is 25.1 Å². The van der Waals surface area contributed by atoms with Crippen LogP contribution in [0.25, 0.3) is 0 Å². The molecule has 0 saturated heterocycles. The fraction of sp³-hybridized carbons (Fsp3) is 0.226. The first-order valence-electron chi connectivity index (χ1n) is 12.4. The maximum absolute atomic E-state index is 15.1. The monoisotopic (exact) mass is 515 g/mol. The van der Waals surface area contributed by atoms with Crippen molar-refractivity contribution in [2.75, 3.05) is 6.61 Å². The maximum Gasteiger partial charge on any atom is 0.336 e. The fourth-order valence-corrected chi connectivity index (χ4v) is 5.41. The van der Waals surface area contributed by atoms with Crippen molar-refractivity contribution in [3.8, 4) is 0 Å². The summed E-state index contributed by atoms with van der Waals surface area (Å²) in [6.45, 7) is 1.96. The molecule has 0 saturated carbocycles. The van der Waals surface area contributed by atoms with Crippen LogP contribution in [0.2, 0.25) is 5.02 Å². The highest BCUT2D eigenvalue weighted by atomic mass is 35.5. The average Bonchev–Trinajstić information content (AvgIpc) is 2.89. The third kappa shape index (κ3) is 5.23. The van der Waals surface area contributed by atoms with Crippen LogP contribution < -0.4 is 5.32 Å². The third-order valence-electron chi connectivity index (χ3n) is 7.07. The lowest BCUT2D eigenvalue weighted by Gasteiger charge is -2.36. The standard InChI is InChI=1S/C31H27ClFNO3/c1-19-28(31(36)37-16-15-20-7-3-2-4-8-20)29(24-9-5-6-10-25(24)33)30-26(34-19)17-22(18-27(30)35)21-11-13-23(32)14-12-21/h2-14,22,29,34H,15-18H2,1H3/t22-,29+/m1/s1. The summed E-state index contributed by atoms with van der Waals surface area (Å²) in [7, 11) is 0. The van der Waals surface area contributed by atoms with Crippen molar-refractivity contribution in [2.24, 2.45) is 0 Å². The zero-order valence-electron chi connectivity index (χ0n) is 20.5. The predicted octanol–water partition coefficient (Wildman–Crippen LogP) is 6.63. The minimum atomic E-state index is -0.833. The first kappa shape index (κ1) is 25.0. The number of ketones is 1. The molecule has 1 N–H and O–H groups in total. The van der Waals surface area contributed by atoms with E-state index in [0.717, 1.165) is 16.8 Å². The molecule has 5 rings (SSSR count). The predicted molar refractivity (Wildman–Crippen MR) is 142 cm³/mol. The highest BCUT2D eigenvalue weighted by Crippen LogP contribution is 2.46. The highest BCUT2D eigenvalue weighted by molar-refractivity contribution is 6.30. The van der Waals surface area contributed by atoms with Crippen LogP contribution in [0.3, 0.4) is 0 Å². The van der Waals surface area contributed by atoms with Crippen LogP contribution in [0.15, 0.2) is 101 Å². The largest absolute Gasteiger partial charge is 0.462 e. The number of dihydropyridines is 1. The van der Waals surface area contributed by atoms with Crippen molar-refractivity contribution in [2.45, 2.75) is 38.0 Å². The van der Waals surface area contributed by atoms with Crippen molar-refractivity contribution >= 4 is 23.4 Å². The number of esters is 1. The van der Waals surface area contributed by atoms with Crippen molar-refractivity contribution in [3.05, 3.63) is 129 Å². The summed E-state index contributed by atoms with van der Waals surface area (Å²) in [6, 6.07) is 23.5. The summed E-state index contributed by atoms with van der Waals surface area (Å²) < 4.78 is 20.8. The molecule has 0 unspecified atom stereocenters. The molecule has 2 aliphatic rings. The Hall–Kier alpha value is -3.70. The van der Waals surface area contributed by atoms with Gasteiger partial charge >= 0.3 is 5.97 Å². The summed E-state index contributed by atoms with van der Waals surface area (Å²) >= 11 is 6.05. The number of carbonyl (C=O) groups excluding carboxylic acids is 2. The molecule has 2 atom stereocenters. The first-order chi connectivity index (χ1) is 17.9. The Bertz CT molecular complexity index is 1400. The van der Waals surface area contributed by atoms with E-state index in [4.69, 9.17) is 16.3 Å². The second-order valence-corrected chi connectivity index (χ2v) is 9.90. The average molecular weight is 516 g/mol. The van der Waals surface area contributed by atoms with E-state index in [2.05, 4.69) is 5.32 Å². The van der Waals surface area contributed by atoms with Crippen LogP contribution in [-0.2, 0) is 20.7 Å². The van der Waals surface area contributed by atoms with Crippen LogP contribution >= 0.6 is 11.6 Å². The molecule has 0 spiro atoms. The summed E-state index contributed by atoms with van der Waals surface area (Å²) in [4.78, 5) is 27.0. The van der Waals surface area contributed by atoms with Gasteiger partial charge in [0.1, 0.15) is 5.82 Å². The Kier molecular flexibility index (Phi) is 7.24. The van der Waals surface area contributed by atoms with Crippen LogP contribution in [0, 0.1) is 5.82 Å². The van der Waals surface area contributed by atoms with Gasteiger partial charge in [0.25, 0.3) is 0 Å². The second-order valence-electron chi connectivity index (χ2n) is 9.46. The molecule has 0 fully saturated rings. The molecule has 1 aliphatic heterocycles. The summed E-state index contributed by atoms with van der Waals surface area (Å²) in [5.41, 5.74) is 4.37. The fourth-order valence-electron chi connectivity index (χ4n) is 5.28. The van der Waals surface area contributed by atoms with E-state index in [-0.39, 0.29) is 30.3 Å². The summed E-state index contributed by atoms with van der Waals surface area (Å²) in [5.74, 6) is -1.99. The quantitative estimate of drug-likeness (QED) is 0.374. The molecule has 0 bridgehead atoms. The lowest BCUT2D eigenvalue weighted by molar-refractivity contribution is -0.139. The lowest BCUT2D eigenvalue weighted by Crippen LogP contribution is -2.36. The number of nitrogens with one attached hydrogen (secondary N) is 1. The van der Waals surface area contributed by atoms with Gasteiger partial charge in [-0.25, -0.2) is 9.18 Å². The molecule has 0 radical (unpaired) electrons. The zero-order chi connectivity index (χ0) is 25.9. The SMILES string of the molecule is CC1=C(C(=O)OCCc2ccccc2)[C@H](c2ccccc2F)C2=C(C[C@@H](c3ccc(Cl)cc3)CC2=O)N1. The Morgan fingerprint density at radius 1 is 1.00 bits per heavy atom. The molecule has 0 aromatic heterocycles. The zero-order valence-corrected chi connectivity index (χ0v) is 21.2. The number of allylic oxidation sites excluding steroid dienone is 3. The first-order valence-corrected chi connectivity index (χ1v) is 12.7. The second kappa shape index (κ2) is 10.7. The van der Waals surface area contributed by atoms with E-state index >= 15 is 4.39 Å². The van der Waals surface area contributed by atoms with Gasteiger partial charge in [-0.15, -0.1) is 0 Å². The van der Waals surface area contributed by atoms with Crippen molar-refractivity contribution in [1.29, 1.82) is 0 Å². The van der Waals surface area contributed by atoms with Crippen LogP contribution in [0.4, 0.5) is 4.39 Å². The number of Topliss-reactive ketones (excluding diaryl/α,β-unsaturated/α-hetero) is 1. The van der Waals surface area contributed by atoms with Crippen molar-refractivity contribution < 1.29 is 18.7 Å². The molecule has 3 aromatic rings. The van der Waals surface area contributed by atoms with Gasteiger partial charge in [0, 0.05) is 40.4 Å². The van der Waals surface area contributed by atoms with Gasteiger partial charge in [-0.2, -0.15) is 0 Å². The van der Waals surface area contributed by atoms with Gasteiger partial charge < -0.3 is 10.1 Å². The van der Waals surface area contributed by atoms with Crippen LogP contribution in [0.1, 0.15) is 48.3 Å². The van der Waals surface area contributed by atoms with Crippen molar-refractivity contribution in [3.63, 3.8) is 0 Å². The Morgan fingerprint density at radius 3 is 2.43 bits per heavy atom. The van der Waals surface area contributed by atoms with Gasteiger partial charge in [-0.3, -0.25) is 4.79 Å². The third-order valence-corrected chi connectivity index (χ3v) is 7.32. The van der Waals surface area contributed by atoms with E-state index < -0.39 is 17.7 Å². The number of ether oxygens (including phenoxy) is 1. The number of hydrogen-bond donors (Lipinski definition) is 1. The summed E-state index contributed by atoms with van der Waals surface area (Å²) in [5, 5.41) is 3.94. The normalized spacial score (nSPS) is 19.4. The number of hydrogen-bond acceptors (Lipinski definition) is 4. The molecule has 0 amide bonds. The van der Waals surface area contributed by atoms with Crippen LogP contribution in [-0.4, -0.2) is 18.4 Å². The molecule has 6 heteroatoms.